The molecule has 0 saturated heterocycles. The Hall–Kier alpha value is -2.12. The molecule has 1 aromatic rings. The van der Waals surface area contributed by atoms with Crippen LogP contribution in [0, 0.1) is 12.7 Å². The first-order chi connectivity index (χ1) is 8.20. The molecule has 0 saturated carbocycles. The lowest BCUT2D eigenvalue weighted by Crippen LogP contribution is -2.42. The second kappa shape index (κ2) is 5.03. The molecule has 0 aliphatic rings. The number of halogens is 4. The molecule has 8 heteroatoms. The van der Waals surface area contributed by atoms with Crippen LogP contribution in [0.5, 0.6) is 0 Å². The van der Waals surface area contributed by atoms with Gasteiger partial charge in [0, 0.05) is 5.69 Å². The van der Waals surface area contributed by atoms with Crippen molar-refractivity contribution in [2.24, 2.45) is 0 Å². The van der Waals surface area contributed by atoms with Crippen LogP contribution in [-0.4, -0.2) is 18.1 Å². The summed E-state index contributed by atoms with van der Waals surface area (Å²) in [6, 6.07) is 1.99. The van der Waals surface area contributed by atoms with E-state index in [4.69, 9.17) is 0 Å². The smallest absolute Gasteiger partial charge is 0.307 e. The highest BCUT2D eigenvalue weighted by molar-refractivity contribution is 6.03. The van der Waals surface area contributed by atoms with Crippen LogP contribution >= 0.6 is 0 Å². The number of carbonyl (C=O) groups excluding carboxylic acids is 2. The zero-order valence-corrected chi connectivity index (χ0v) is 9.06. The van der Waals surface area contributed by atoms with Crippen molar-refractivity contribution in [3.8, 4) is 0 Å². The minimum atomic E-state index is -5.16. The minimum Gasteiger partial charge on any atom is -0.307 e. The van der Waals surface area contributed by atoms with Crippen molar-refractivity contribution in [1.29, 1.82) is 0 Å². The summed E-state index contributed by atoms with van der Waals surface area (Å²) < 4.78 is 48.3. The van der Waals surface area contributed by atoms with Gasteiger partial charge in [-0.05, 0) is 24.6 Å². The summed E-state index contributed by atoms with van der Waals surface area (Å²) in [6.45, 7) is 1.51. The minimum absolute atomic E-state index is 0.0255. The first-order valence-electron chi connectivity index (χ1n) is 4.65. The number of anilines is 1. The van der Waals surface area contributed by atoms with Gasteiger partial charge in [0.2, 0.25) is 0 Å². The molecule has 0 radical (unpaired) electrons. The SMILES string of the molecule is Cc1ccc(F)cc1NC(=O)NC(=O)C(F)(F)F. The Kier molecular flexibility index (Phi) is 3.89. The molecule has 0 fully saturated rings. The Morgan fingerprint density at radius 2 is 1.83 bits per heavy atom. The topological polar surface area (TPSA) is 58.2 Å². The fourth-order valence-corrected chi connectivity index (χ4v) is 1.06. The van der Waals surface area contributed by atoms with Gasteiger partial charge in [-0.2, -0.15) is 13.2 Å². The summed E-state index contributed by atoms with van der Waals surface area (Å²) in [6.07, 6.45) is -5.16. The van der Waals surface area contributed by atoms with E-state index in [2.05, 4.69) is 0 Å². The van der Waals surface area contributed by atoms with Crippen molar-refractivity contribution in [3.63, 3.8) is 0 Å². The van der Waals surface area contributed by atoms with Crippen molar-refractivity contribution >= 4 is 17.6 Å². The maximum absolute atomic E-state index is 12.8. The average molecular weight is 264 g/mol. The van der Waals surface area contributed by atoms with E-state index >= 15 is 0 Å². The third-order valence-electron chi connectivity index (χ3n) is 1.93. The van der Waals surface area contributed by atoms with Gasteiger partial charge in [-0.25, -0.2) is 9.18 Å². The van der Waals surface area contributed by atoms with Gasteiger partial charge in [0.15, 0.2) is 0 Å². The summed E-state index contributed by atoms with van der Waals surface area (Å²) >= 11 is 0. The number of hydrogen-bond donors (Lipinski definition) is 2. The molecule has 98 valence electrons. The molecule has 0 bridgehead atoms. The zero-order valence-electron chi connectivity index (χ0n) is 9.06. The van der Waals surface area contributed by atoms with Gasteiger partial charge in [0.1, 0.15) is 5.82 Å². The van der Waals surface area contributed by atoms with Gasteiger partial charge in [-0.15, -0.1) is 0 Å². The standard InChI is InChI=1S/C10H8F4N2O2/c1-5-2-3-6(11)4-7(5)15-9(18)16-8(17)10(12,13)14/h2-4H,1H3,(H2,15,16,17,18). The first kappa shape index (κ1) is 13.9. The molecule has 2 N–H and O–H groups in total. The normalized spacial score (nSPS) is 10.9. The number of carbonyl (C=O) groups is 2. The lowest BCUT2D eigenvalue weighted by molar-refractivity contribution is -0.172. The van der Waals surface area contributed by atoms with Crippen molar-refractivity contribution < 1.29 is 27.2 Å². The van der Waals surface area contributed by atoms with Crippen LogP contribution in [0.15, 0.2) is 18.2 Å². The van der Waals surface area contributed by atoms with Crippen LogP contribution < -0.4 is 10.6 Å². The largest absolute Gasteiger partial charge is 0.471 e. The van der Waals surface area contributed by atoms with E-state index in [1.54, 1.807) is 0 Å². The molecule has 0 aliphatic heterocycles. The number of alkyl halides is 3. The van der Waals surface area contributed by atoms with Crippen molar-refractivity contribution in [2.75, 3.05) is 5.32 Å². The molecule has 0 aromatic heterocycles. The van der Waals surface area contributed by atoms with Crippen LogP contribution in [-0.2, 0) is 4.79 Å². The molecular weight excluding hydrogens is 256 g/mol. The van der Waals surface area contributed by atoms with Gasteiger partial charge < -0.3 is 5.32 Å². The highest BCUT2D eigenvalue weighted by atomic mass is 19.4. The van der Waals surface area contributed by atoms with E-state index in [0.29, 0.717) is 5.56 Å². The van der Waals surface area contributed by atoms with E-state index in [-0.39, 0.29) is 5.69 Å². The predicted molar refractivity (Wildman–Crippen MR) is 54.4 cm³/mol. The van der Waals surface area contributed by atoms with Gasteiger partial charge in [-0.1, -0.05) is 6.07 Å². The Morgan fingerprint density at radius 3 is 2.39 bits per heavy atom. The van der Waals surface area contributed by atoms with Gasteiger partial charge in [0.25, 0.3) is 0 Å². The summed E-state index contributed by atoms with van der Waals surface area (Å²) in [5.74, 6) is -3.06. The van der Waals surface area contributed by atoms with E-state index in [0.717, 1.165) is 17.4 Å². The first-order valence-corrected chi connectivity index (χ1v) is 4.65. The van der Waals surface area contributed by atoms with Crippen LogP contribution in [0.4, 0.5) is 28.0 Å². The van der Waals surface area contributed by atoms with E-state index in [1.807, 2.05) is 5.32 Å². The fourth-order valence-electron chi connectivity index (χ4n) is 1.06. The second-order valence-electron chi connectivity index (χ2n) is 3.37. The molecular formula is C10H8F4N2O2. The summed E-state index contributed by atoms with van der Waals surface area (Å²) in [4.78, 5) is 21.5. The number of urea groups is 1. The lowest BCUT2D eigenvalue weighted by Gasteiger charge is -2.10. The molecule has 0 atom stereocenters. The Balaban J connectivity index is 2.71. The highest BCUT2D eigenvalue weighted by Gasteiger charge is 2.39. The quantitative estimate of drug-likeness (QED) is 0.765. The van der Waals surface area contributed by atoms with Crippen LogP contribution in [0.3, 0.4) is 0 Å². The monoisotopic (exact) mass is 264 g/mol. The molecule has 4 nitrogen and oxygen atoms in total. The van der Waals surface area contributed by atoms with Crippen LogP contribution in [0.25, 0.3) is 0 Å². The number of rotatable bonds is 1. The predicted octanol–water partition coefficient (Wildman–Crippen LogP) is 2.34. The van der Waals surface area contributed by atoms with E-state index in [9.17, 15) is 27.2 Å². The van der Waals surface area contributed by atoms with Gasteiger partial charge >= 0.3 is 18.1 Å². The lowest BCUT2D eigenvalue weighted by atomic mass is 10.2. The Morgan fingerprint density at radius 1 is 1.22 bits per heavy atom. The summed E-state index contributed by atoms with van der Waals surface area (Å²) in [5, 5.41) is 3.02. The molecule has 0 unspecified atom stereocenters. The molecule has 0 aliphatic carbocycles. The number of benzene rings is 1. The summed E-state index contributed by atoms with van der Waals surface area (Å²) in [7, 11) is 0. The number of aryl methyl sites for hydroxylation is 1. The Labute approximate surface area is 99.0 Å². The molecule has 1 rings (SSSR count). The zero-order chi connectivity index (χ0) is 13.9. The number of nitrogens with one attached hydrogen (secondary N) is 2. The number of amides is 3. The highest BCUT2D eigenvalue weighted by Crippen LogP contribution is 2.17. The average Bonchev–Trinajstić information content (AvgIpc) is 2.22. The number of imide groups is 1. The van der Waals surface area contributed by atoms with Gasteiger partial charge in [0.05, 0.1) is 0 Å². The number of hydrogen-bond acceptors (Lipinski definition) is 2. The molecule has 0 spiro atoms. The molecule has 0 heterocycles. The molecule has 3 amide bonds. The third kappa shape index (κ3) is 3.72. The van der Waals surface area contributed by atoms with E-state index in [1.165, 1.54) is 13.0 Å². The maximum atomic E-state index is 12.8. The van der Waals surface area contributed by atoms with Crippen molar-refractivity contribution in [2.45, 2.75) is 13.1 Å². The maximum Gasteiger partial charge on any atom is 0.471 e. The third-order valence-corrected chi connectivity index (χ3v) is 1.93. The van der Waals surface area contributed by atoms with E-state index < -0.39 is 23.9 Å². The van der Waals surface area contributed by atoms with Crippen LogP contribution in [0.2, 0.25) is 0 Å². The summed E-state index contributed by atoms with van der Waals surface area (Å²) in [5.41, 5.74) is 0.411. The molecule has 1 aromatic carbocycles. The Bertz CT molecular complexity index is 485. The van der Waals surface area contributed by atoms with Gasteiger partial charge in [-0.3, -0.25) is 10.1 Å². The second-order valence-corrected chi connectivity index (χ2v) is 3.37. The van der Waals surface area contributed by atoms with Crippen LogP contribution in [0.1, 0.15) is 5.56 Å². The fraction of sp³-hybridized carbons (Fsp3) is 0.200. The molecule has 18 heavy (non-hydrogen) atoms. The van der Waals surface area contributed by atoms with Crippen molar-refractivity contribution in [1.82, 2.24) is 5.32 Å². The van der Waals surface area contributed by atoms with Crippen molar-refractivity contribution in [3.05, 3.63) is 29.6 Å².